The minimum Gasteiger partial charge on any atom is -0.444 e. The Kier molecular flexibility index (Phi) is 5.21. The highest BCUT2D eigenvalue weighted by Crippen LogP contribution is 2.16. The molecule has 1 saturated heterocycles. The van der Waals surface area contributed by atoms with E-state index in [0.717, 1.165) is 19.3 Å². The molecular weight excluding hydrogens is 222 g/mol. The van der Waals surface area contributed by atoms with Gasteiger partial charge in [0.1, 0.15) is 12.4 Å². The predicted octanol–water partition coefficient (Wildman–Crippen LogP) is 1.74. The van der Waals surface area contributed by atoms with Crippen LogP contribution in [0.4, 0.5) is 4.79 Å². The molecule has 0 aromatic carbocycles. The van der Waals surface area contributed by atoms with E-state index in [1.165, 1.54) is 0 Å². The number of carbonyl (C=O) groups is 1. The second kappa shape index (κ2) is 6.21. The lowest BCUT2D eigenvalue weighted by Crippen LogP contribution is -2.40. The quantitative estimate of drug-likeness (QED) is 0.753. The zero-order valence-electron chi connectivity index (χ0n) is 10.9. The van der Waals surface area contributed by atoms with Crippen LogP contribution in [0.25, 0.3) is 0 Å². The van der Waals surface area contributed by atoms with Gasteiger partial charge in [-0.3, -0.25) is 0 Å². The van der Waals surface area contributed by atoms with Crippen molar-refractivity contribution in [3.05, 3.63) is 0 Å². The largest absolute Gasteiger partial charge is 0.444 e. The number of carbonyl (C=O) groups excluding carboxylic acids is 1. The van der Waals surface area contributed by atoms with Gasteiger partial charge in [-0.15, -0.1) is 0 Å². The second-order valence-corrected chi connectivity index (χ2v) is 5.34. The van der Waals surface area contributed by atoms with Gasteiger partial charge in [0, 0.05) is 6.54 Å². The number of hydrogen-bond donors (Lipinski definition) is 1. The van der Waals surface area contributed by atoms with Crippen LogP contribution >= 0.6 is 0 Å². The molecule has 1 rings (SSSR count). The van der Waals surface area contributed by atoms with E-state index in [1.54, 1.807) is 4.90 Å². The summed E-state index contributed by atoms with van der Waals surface area (Å²) in [6.45, 7) is 6.45. The minimum atomic E-state index is -0.475. The molecule has 1 N–H and O–H groups in total. The molecule has 0 aromatic heterocycles. The first kappa shape index (κ1) is 14.3. The molecule has 0 spiro atoms. The summed E-state index contributed by atoms with van der Waals surface area (Å²) in [6.07, 6.45) is 2.44. The van der Waals surface area contributed by atoms with Gasteiger partial charge in [-0.1, -0.05) is 0 Å². The van der Waals surface area contributed by atoms with Crippen LogP contribution in [-0.2, 0) is 9.47 Å². The van der Waals surface area contributed by atoms with Crippen molar-refractivity contribution in [2.75, 3.05) is 19.9 Å². The van der Waals surface area contributed by atoms with Crippen molar-refractivity contribution in [1.82, 2.24) is 4.90 Å². The Bertz CT molecular complexity index is 249. The predicted molar refractivity (Wildman–Crippen MR) is 63.6 cm³/mol. The minimum absolute atomic E-state index is 0.0879. The molecular formula is C12H23NO4. The third-order valence-corrected chi connectivity index (χ3v) is 2.59. The molecule has 1 aliphatic heterocycles. The van der Waals surface area contributed by atoms with Gasteiger partial charge in [0.15, 0.2) is 0 Å². The SMILES string of the molecule is CC(C)(C)OC(=O)N1CCCCC(OCO)C1. The molecule has 1 atom stereocenters. The van der Waals surface area contributed by atoms with Gasteiger partial charge in [0.05, 0.1) is 12.6 Å². The van der Waals surface area contributed by atoms with E-state index < -0.39 is 5.60 Å². The first-order valence-electron chi connectivity index (χ1n) is 6.13. The number of aliphatic hydroxyl groups is 1. The van der Waals surface area contributed by atoms with Crippen LogP contribution in [0.3, 0.4) is 0 Å². The summed E-state index contributed by atoms with van der Waals surface area (Å²) in [6, 6.07) is 0. The summed E-state index contributed by atoms with van der Waals surface area (Å²) in [5.41, 5.74) is -0.475. The van der Waals surface area contributed by atoms with Gasteiger partial charge in [-0.25, -0.2) is 4.79 Å². The van der Waals surface area contributed by atoms with E-state index in [2.05, 4.69) is 0 Å². The van der Waals surface area contributed by atoms with Gasteiger partial charge in [-0.05, 0) is 40.0 Å². The van der Waals surface area contributed by atoms with Crippen molar-refractivity contribution < 1.29 is 19.4 Å². The molecule has 0 radical (unpaired) electrons. The second-order valence-electron chi connectivity index (χ2n) is 5.34. The first-order valence-corrected chi connectivity index (χ1v) is 6.13. The number of amides is 1. The van der Waals surface area contributed by atoms with Crippen LogP contribution in [-0.4, -0.2) is 47.7 Å². The molecule has 1 aliphatic rings. The molecule has 1 fully saturated rings. The van der Waals surface area contributed by atoms with Crippen molar-refractivity contribution in [3.8, 4) is 0 Å². The number of nitrogens with zero attached hydrogens (tertiary/aromatic N) is 1. The van der Waals surface area contributed by atoms with E-state index in [0.29, 0.717) is 13.1 Å². The monoisotopic (exact) mass is 245 g/mol. The summed E-state index contributed by atoms with van der Waals surface area (Å²) in [7, 11) is 0. The number of aliphatic hydroxyl groups excluding tert-OH is 1. The maximum absolute atomic E-state index is 11.9. The highest BCUT2D eigenvalue weighted by atomic mass is 16.6. The lowest BCUT2D eigenvalue weighted by molar-refractivity contribution is -0.0619. The Morgan fingerprint density at radius 2 is 2.12 bits per heavy atom. The summed E-state index contributed by atoms with van der Waals surface area (Å²) in [4.78, 5) is 13.6. The highest BCUT2D eigenvalue weighted by molar-refractivity contribution is 5.68. The normalized spacial score (nSPS) is 22.1. The average molecular weight is 245 g/mol. The van der Waals surface area contributed by atoms with Crippen LogP contribution in [0.2, 0.25) is 0 Å². The molecule has 1 unspecified atom stereocenters. The van der Waals surface area contributed by atoms with Crippen molar-refractivity contribution in [2.45, 2.75) is 51.7 Å². The van der Waals surface area contributed by atoms with Crippen LogP contribution in [0.5, 0.6) is 0 Å². The van der Waals surface area contributed by atoms with E-state index in [-0.39, 0.29) is 19.0 Å². The fourth-order valence-electron chi connectivity index (χ4n) is 1.84. The molecule has 1 heterocycles. The van der Waals surface area contributed by atoms with Crippen molar-refractivity contribution >= 4 is 6.09 Å². The molecule has 0 bridgehead atoms. The fraction of sp³-hybridized carbons (Fsp3) is 0.917. The summed E-state index contributed by atoms with van der Waals surface area (Å²) in [5.74, 6) is 0. The molecule has 5 nitrogen and oxygen atoms in total. The van der Waals surface area contributed by atoms with Crippen LogP contribution < -0.4 is 0 Å². The average Bonchev–Trinajstić information content (AvgIpc) is 2.41. The van der Waals surface area contributed by atoms with Crippen molar-refractivity contribution in [2.24, 2.45) is 0 Å². The number of likely N-dealkylation sites (tertiary alicyclic amines) is 1. The molecule has 17 heavy (non-hydrogen) atoms. The van der Waals surface area contributed by atoms with E-state index in [9.17, 15) is 4.79 Å². The maximum Gasteiger partial charge on any atom is 0.410 e. The Hall–Kier alpha value is -0.810. The first-order chi connectivity index (χ1) is 7.92. The maximum atomic E-state index is 11.9. The number of ether oxygens (including phenoxy) is 2. The van der Waals surface area contributed by atoms with Gasteiger partial charge in [0.25, 0.3) is 0 Å². The third-order valence-electron chi connectivity index (χ3n) is 2.59. The molecule has 0 saturated carbocycles. The highest BCUT2D eigenvalue weighted by Gasteiger charge is 2.26. The van der Waals surface area contributed by atoms with E-state index >= 15 is 0 Å². The summed E-state index contributed by atoms with van der Waals surface area (Å²) < 4.78 is 10.5. The number of rotatable bonds is 2. The molecule has 1 amide bonds. The van der Waals surface area contributed by atoms with E-state index in [1.807, 2.05) is 20.8 Å². The molecule has 5 heteroatoms. The Morgan fingerprint density at radius 3 is 2.71 bits per heavy atom. The Balaban J connectivity index is 2.53. The van der Waals surface area contributed by atoms with Crippen molar-refractivity contribution in [1.29, 1.82) is 0 Å². The Morgan fingerprint density at radius 1 is 1.41 bits per heavy atom. The summed E-state index contributed by atoms with van der Waals surface area (Å²) >= 11 is 0. The van der Waals surface area contributed by atoms with Gasteiger partial charge >= 0.3 is 6.09 Å². The van der Waals surface area contributed by atoms with Gasteiger partial charge < -0.3 is 19.5 Å². The smallest absolute Gasteiger partial charge is 0.410 e. The molecule has 0 aliphatic carbocycles. The zero-order valence-corrected chi connectivity index (χ0v) is 10.9. The van der Waals surface area contributed by atoms with E-state index in [4.69, 9.17) is 14.6 Å². The Labute approximate surface area is 103 Å². The van der Waals surface area contributed by atoms with Crippen LogP contribution in [0, 0.1) is 0 Å². The van der Waals surface area contributed by atoms with Gasteiger partial charge in [0.2, 0.25) is 0 Å². The number of hydrogen-bond acceptors (Lipinski definition) is 4. The molecule has 0 aromatic rings. The molecule has 100 valence electrons. The lowest BCUT2D eigenvalue weighted by atomic mass is 10.2. The summed E-state index contributed by atoms with van der Waals surface area (Å²) in [5, 5.41) is 8.76. The van der Waals surface area contributed by atoms with Crippen molar-refractivity contribution in [3.63, 3.8) is 0 Å². The lowest BCUT2D eigenvalue weighted by Gasteiger charge is -2.28. The standard InChI is InChI=1S/C12H23NO4/c1-12(2,3)17-11(15)13-7-5-4-6-10(8-13)16-9-14/h10,14H,4-9H2,1-3H3. The third kappa shape index (κ3) is 5.37. The van der Waals surface area contributed by atoms with Crippen LogP contribution in [0.1, 0.15) is 40.0 Å². The zero-order chi connectivity index (χ0) is 12.9. The fourth-order valence-corrected chi connectivity index (χ4v) is 1.84. The van der Waals surface area contributed by atoms with Gasteiger partial charge in [-0.2, -0.15) is 0 Å². The topological polar surface area (TPSA) is 59.0 Å². The van der Waals surface area contributed by atoms with Crippen LogP contribution in [0.15, 0.2) is 0 Å².